The van der Waals surface area contributed by atoms with Gasteiger partial charge in [0.15, 0.2) is 0 Å². The van der Waals surface area contributed by atoms with Crippen LogP contribution in [0.3, 0.4) is 0 Å². The molecule has 0 N–H and O–H groups in total. The van der Waals surface area contributed by atoms with Crippen LogP contribution >= 0.6 is 29.6 Å². The molecule has 3 aromatic carbocycles. The first-order valence-electron chi connectivity index (χ1n) is 7.34. The third-order valence-electron chi connectivity index (χ3n) is 3.82. The van der Waals surface area contributed by atoms with Gasteiger partial charge < -0.3 is 9.47 Å². The molecule has 124 valence electrons. The first-order chi connectivity index (χ1) is 11.2. The van der Waals surface area contributed by atoms with Crippen LogP contribution in [-0.2, 0) is 0 Å². The Balaban J connectivity index is 0.00000208. The molecule has 0 bridgehead atoms. The molecule has 0 radical (unpaired) electrons. The van der Waals surface area contributed by atoms with Crippen LogP contribution in [0.4, 0.5) is 0 Å². The molecule has 0 unspecified atom stereocenters. The molecular weight excluding hydrogens is 384 g/mol. The maximum Gasteiger partial charge on any atom is 0.118 e. The predicted octanol–water partition coefficient (Wildman–Crippen LogP) is 5.90. The van der Waals surface area contributed by atoms with Crippen LogP contribution in [0.2, 0.25) is 0 Å². The summed E-state index contributed by atoms with van der Waals surface area (Å²) in [6.07, 6.45) is 0. The minimum absolute atomic E-state index is 0. The van der Waals surface area contributed by atoms with Crippen LogP contribution < -0.4 is 9.47 Å². The van der Waals surface area contributed by atoms with E-state index in [1.807, 2.05) is 36.4 Å². The van der Waals surface area contributed by atoms with Crippen molar-refractivity contribution in [2.24, 2.45) is 0 Å². The lowest BCUT2D eigenvalue weighted by atomic mass is 9.94. The molecular formula is C20H19BrO2S. The van der Waals surface area contributed by atoms with Gasteiger partial charge in [-0.2, -0.15) is 0 Å². The number of halogens is 1. The summed E-state index contributed by atoms with van der Waals surface area (Å²) in [4.78, 5) is 0.948. The van der Waals surface area contributed by atoms with Crippen LogP contribution in [0.15, 0.2) is 71.6 Å². The highest BCUT2D eigenvalue weighted by atomic mass is 79.9. The zero-order chi connectivity index (χ0) is 16.2. The van der Waals surface area contributed by atoms with E-state index >= 15 is 0 Å². The molecule has 0 aliphatic rings. The molecule has 2 nitrogen and oxygen atoms in total. The second-order valence-corrected chi connectivity index (χ2v) is 5.64. The van der Waals surface area contributed by atoms with Crippen molar-refractivity contribution in [1.82, 2.24) is 0 Å². The van der Waals surface area contributed by atoms with Gasteiger partial charge in [-0.25, -0.2) is 0 Å². The molecule has 0 aromatic heterocycles. The minimum atomic E-state index is 0. The largest absolute Gasteiger partial charge is 0.497 e. The maximum absolute atomic E-state index is 5.24. The van der Waals surface area contributed by atoms with Crippen molar-refractivity contribution >= 4 is 29.6 Å². The van der Waals surface area contributed by atoms with E-state index in [2.05, 4.69) is 43.0 Å². The molecule has 3 aromatic rings. The van der Waals surface area contributed by atoms with E-state index in [0.29, 0.717) is 0 Å². The van der Waals surface area contributed by atoms with Crippen molar-refractivity contribution in [1.29, 1.82) is 0 Å². The molecule has 0 saturated heterocycles. The Bertz CT molecular complexity index is 799. The van der Waals surface area contributed by atoms with Gasteiger partial charge in [0.1, 0.15) is 11.5 Å². The Morgan fingerprint density at radius 2 is 1.17 bits per heavy atom. The van der Waals surface area contributed by atoms with Crippen molar-refractivity contribution in [2.45, 2.75) is 4.90 Å². The van der Waals surface area contributed by atoms with Gasteiger partial charge in [-0.1, -0.05) is 36.4 Å². The summed E-state index contributed by atoms with van der Waals surface area (Å²) in [5.74, 6) is 1.69. The van der Waals surface area contributed by atoms with E-state index in [1.165, 1.54) is 0 Å². The average Bonchev–Trinajstić information content (AvgIpc) is 2.62. The summed E-state index contributed by atoms with van der Waals surface area (Å²) in [6, 6.07) is 22.3. The standard InChI is InChI=1S/C20H18O2S.BrH/c1-21-16-10-6-14(7-11-16)18-4-3-5-19(23)20(18)15-8-12-17(22-2)13-9-15;/h3-13,23H,1-2H3;1H. The smallest absolute Gasteiger partial charge is 0.118 e. The topological polar surface area (TPSA) is 18.5 Å². The predicted molar refractivity (Wildman–Crippen MR) is 108 cm³/mol. The van der Waals surface area contributed by atoms with Gasteiger partial charge in [0.2, 0.25) is 0 Å². The van der Waals surface area contributed by atoms with E-state index in [0.717, 1.165) is 38.6 Å². The lowest BCUT2D eigenvalue weighted by molar-refractivity contribution is 0.414. The molecule has 0 fully saturated rings. The molecule has 4 heteroatoms. The van der Waals surface area contributed by atoms with E-state index in [9.17, 15) is 0 Å². The van der Waals surface area contributed by atoms with Crippen molar-refractivity contribution in [3.63, 3.8) is 0 Å². The first kappa shape index (κ1) is 18.4. The Labute approximate surface area is 158 Å². The first-order valence-corrected chi connectivity index (χ1v) is 7.78. The highest BCUT2D eigenvalue weighted by molar-refractivity contribution is 8.93. The van der Waals surface area contributed by atoms with Gasteiger partial charge in [-0.15, -0.1) is 29.6 Å². The number of benzene rings is 3. The molecule has 3 rings (SSSR count). The van der Waals surface area contributed by atoms with E-state index in [-0.39, 0.29) is 17.0 Å². The zero-order valence-corrected chi connectivity index (χ0v) is 16.1. The van der Waals surface area contributed by atoms with Gasteiger partial charge in [-0.05, 0) is 47.0 Å². The summed E-state index contributed by atoms with van der Waals surface area (Å²) < 4.78 is 10.5. The zero-order valence-electron chi connectivity index (χ0n) is 13.5. The molecule has 0 aliphatic heterocycles. The quantitative estimate of drug-likeness (QED) is 0.547. The number of ether oxygens (including phenoxy) is 2. The SMILES string of the molecule is Br.COc1ccc(-c2cccc(S)c2-c2ccc(OC)cc2)cc1. The molecule has 0 heterocycles. The van der Waals surface area contributed by atoms with Crippen molar-refractivity contribution in [2.75, 3.05) is 14.2 Å². The van der Waals surface area contributed by atoms with Crippen LogP contribution in [0, 0.1) is 0 Å². The molecule has 0 saturated carbocycles. The summed E-state index contributed by atoms with van der Waals surface area (Å²) >= 11 is 4.66. The van der Waals surface area contributed by atoms with Crippen LogP contribution in [0.25, 0.3) is 22.3 Å². The van der Waals surface area contributed by atoms with Crippen molar-refractivity contribution in [3.05, 3.63) is 66.7 Å². The van der Waals surface area contributed by atoms with Crippen molar-refractivity contribution < 1.29 is 9.47 Å². The summed E-state index contributed by atoms with van der Waals surface area (Å²) in [6.45, 7) is 0. The molecule has 0 spiro atoms. The fraction of sp³-hybridized carbons (Fsp3) is 0.100. The van der Waals surface area contributed by atoms with Gasteiger partial charge in [0.25, 0.3) is 0 Å². The highest BCUT2D eigenvalue weighted by Crippen LogP contribution is 2.37. The summed E-state index contributed by atoms with van der Waals surface area (Å²) in [7, 11) is 3.34. The number of thiol groups is 1. The second kappa shape index (κ2) is 8.27. The summed E-state index contributed by atoms with van der Waals surface area (Å²) in [5.41, 5.74) is 4.50. The fourth-order valence-electron chi connectivity index (χ4n) is 2.61. The Kier molecular flexibility index (Phi) is 6.35. The number of methoxy groups -OCH3 is 2. The maximum atomic E-state index is 5.24. The van der Waals surface area contributed by atoms with Crippen LogP contribution in [0.1, 0.15) is 0 Å². The number of hydrogen-bond acceptors (Lipinski definition) is 3. The van der Waals surface area contributed by atoms with Gasteiger partial charge in [0, 0.05) is 10.5 Å². The molecule has 0 amide bonds. The van der Waals surface area contributed by atoms with Crippen molar-refractivity contribution in [3.8, 4) is 33.8 Å². The summed E-state index contributed by atoms with van der Waals surface area (Å²) in [5, 5.41) is 0. The average molecular weight is 403 g/mol. The third-order valence-corrected chi connectivity index (χ3v) is 4.19. The van der Waals surface area contributed by atoms with Crippen LogP contribution in [-0.4, -0.2) is 14.2 Å². The third kappa shape index (κ3) is 3.77. The lowest BCUT2D eigenvalue weighted by Gasteiger charge is -2.14. The lowest BCUT2D eigenvalue weighted by Crippen LogP contribution is -1.89. The van der Waals surface area contributed by atoms with Gasteiger partial charge in [0.05, 0.1) is 14.2 Å². The number of hydrogen-bond donors (Lipinski definition) is 1. The highest BCUT2D eigenvalue weighted by Gasteiger charge is 2.11. The molecule has 24 heavy (non-hydrogen) atoms. The fourth-order valence-corrected chi connectivity index (χ4v) is 2.95. The Morgan fingerprint density at radius 3 is 1.67 bits per heavy atom. The van der Waals surface area contributed by atoms with E-state index < -0.39 is 0 Å². The Hall–Kier alpha value is -1.91. The van der Waals surface area contributed by atoms with Crippen LogP contribution in [0.5, 0.6) is 11.5 Å². The minimum Gasteiger partial charge on any atom is -0.497 e. The second-order valence-electron chi connectivity index (χ2n) is 5.16. The van der Waals surface area contributed by atoms with E-state index in [4.69, 9.17) is 9.47 Å². The normalized spacial score (nSPS) is 9.96. The molecule has 0 atom stereocenters. The van der Waals surface area contributed by atoms with E-state index in [1.54, 1.807) is 14.2 Å². The monoisotopic (exact) mass is 402 g/mol. The van der Waals surface area contributed by atoms with Gasteiger partial charge in [-0.3, -0.25) is 0 Å². The Morgan fingerprint density at radius 1 is 0.667 bits per heavy atom. The van der Waals surface area contributed by atoms with Gasteiger partial charge >= 0.3 is 0 Å². The number of rotatable bonds is 4. The molecule has 0 aliphatic carbocycles.